The smallest absolute Gasteiger partial charge is 0.194 e. The molecule has 2 heterocycles. The van der Waals surface area contributed by atoms with E-state index in [1.165, 1.54) is 12.1 Å². The van der Waals surface area contributed by atoms with E-state index in [4.69, 9.17) is 9.47 Å². The lowest BCUT2D eigenvalue weighted by molar-refractivity contribution is 0.0668. The highest BCUT2D eigenvalue weighted by Crippen LogP contribution is 2.47. The third kappa shape index (κ3) is 4.65. The van der Waals surface area contributed by atoms with E-state index < -0.39 is 23.6 Å². The Hall–Kier alpha value is -3.52. The van der Waals surface area contributed by atoms with Crippen molar-refractivity contribution in [3.05, 3.63) is 88.7 Å². The van der Waals surface area contributed by atoms with E-state index in [0.717, 1.165) is 25.2 Å². The van der Waals surface area contributed by atoms with Gasteiger partial charge in [0.15, 0.2) is 17.5 Å². The number of alkyl halides is 1. The average molecular weight is 500 g/mol. The molecule has 2 aliphatic rings. The molecule has 188 valence electrons. The second-order valence-corrected chi connectivity index (χ2v) is 9.17. The maximum atomic E-state index is 14.2. The molecular formula is C28H25F4NO3. The third-order valence-electron chi connectivity index (χ3n) is 6.69. The molecule has 0 unspecified atom stereocenters. The average Bonchev–Trinajstić information content (AvgIpc) is 2.83. The highest BCUT2D eigenvalue weighted by molar-refractivity contribution is 5.95. The number of nitrogens with zero attached hydrogens (tertiary/aromatic N) is 1. The maximum Gasteiger partial charge on any atom is 0.194 e. The first kappa shape index (κ1) is 24.2. The van der Waals surface area contributed by atoms with Crippen LogP contribution in [0.3, 0.4) is 0 Å². The molecule has 5 rings (SSSR count). The number of phenolic OH excluding ortho intramolecular Hbond substituents is 1. The molecule has 2 aliphatic heterocycles. The van der Waals surface area contributed by atoms with E-state index in [1.807, 2.05) is 0 Å². The quantitative estimate of drug-likeness (QED) is 0.313. The predicted octanol–water partition coefficient (Wildman–Crippen LogP) is 6.15. The molecular weight excluding hydrogens is 474 g/mol. The Morgan fingerprint density at radius 3 is 2.36 bits per heavy atom. The second kappa shape index (κ2) is 9.85. The number of hydrogen-bond donors (Lipinski definition) is 1. The fourth-order valence-electron chi connectivity index (χ4n) is 4.75. The molecule has 0 aromatic heterocycles. The summed E-state index contributed by atoms with van der Waals surface area (Å²) in [4.78, 5) is 2.13. The topological polar surface area (TPSA) is 41.9 Å². The number of aromatic hydroxyl groups is 1. The van der Waals surface area contributed by atoms with Crippen LogP contribution in [0.15, 0.2) is 54.6 Å². The van der Waals surface area contributed by atoms with Crippen molar-refractivity contribution in [2.45, 2.75) is 13.0 Å². The van der Waals surface area contributed by atoms with E-state index in [1.54, 1.807) is 37.3 Å². The number of phenols is 1. The van der Waals surface area contributed by atoms with Crippen LogP contribution in [0.25, 0.3) is 11.1 Å². The lowest BCUT2D eigenvalue weighted by atomic mass is 9.86. The zero-order valence-corrected chi connectivity index (χ0v) is 19.6. The van der Waals surface area contributed by atoms with Crippen LogP contribution in [0.4, 0.5) is 17.6 Å². The van der Waals surface area contributed by atoms with Crippen molar-refractivity contribution in [1.29, 1.82) is 0 Å². The SMILES string of the molecule is CC1=C(c2cc(F)c(F)c(F)c2)[C@@H](c2ccc(OCCN3CC(CF)C3)cc2)Oc2cc(O)ccc21. The molecule has 0 bridgehead atoms. The Morgan fingerprint density at radius 2 is 1.69 bits per heavy atom. The first-order valence-electron chi connectivity index (χ1n) is 11.7. The van der Waals surface area contributed by atoms with Gasteiger partial charge in [0.1, 0.15) is 30.0 Å². The molecule has 3 aromatic rings. The number of benzene rings is 3. The molecule has 0 spiro atoms. The number of allylic oxidation sites excluding steroid dienone is 1. The minimum atomic E-state index is -1.53. The summed E-state index contributed by atoms with van der Waals surface area (Å²) in [6, 6.07) is 13.7. The summed E-state index contributed by atoms with van der Waals surface area (Å²) >= 11 is 0. The summed E-state index contributed by atoms with van der Waals surface area (Å²) in [5.41, 5.74) is 2.68. The fraction of sp³-hybridized carbons (Fsp3) is 0.286. The van der Waals surface area contributed by atoms with E-state index in [-0.39, 0.29) is 23.9 Å². The van der Waals surface area contributed by atoms with Crippen LogP contribution in [0.1, 0.15) is 29.7 Å². The van der Waals surface area contributed by atoms with Gasteiger partial charge in [-0.25, -0.2) is 13.2 Å². The first-order valence-corrected chi connectivity index (χ1v) is 11.7. The summed E-state index contributed by atoms with van der Waals surface area (Å²) in [5, 5.41) is 9.95. The molecule has 36 heavy (non-hydrogen) atoms. The number of ether oxygens (including phenoxy) is 2. The molecule has 8 heteroatoms. The van der Waals surface area contributed by atoms with Gasteiger partial charge in [0.25, 0.3) is 0 Å². The van der Waals surface area contributed by atoms with Gasteiger partial charge in [-0.15, -0.1) is 0 Å². The number of rotatable bonds is 7. The number of fused-ring (bicyclic) bond motifs is 1. The summed E-state index contributed by atoms with van der Waals surface area (Å²) in [6.45, 7) is 4.16. The van der Waals surface area contributed by atoms with Gasteiger partial charge in [-0.05, 0) is 60.0 Å². The van der Waals surface area contributed by atoms with Gasteiger partial charge in [-0.2, -0.15) is 0 Å². The monoisotopic (exact) mass is 499 g/mol. The molecule has 3 aromatic carbocycles. The zero-order chi connectivity index (χ0) is 25.4. The molecule has 1 saturated heterocycles. The summed E-state index contributed by atoms with van der Waals surface area (Å²) < 4.78 is 66.6. The molecule has 1 atom stereocenters. The lowest BCUT2D eigenvalue weighted by Gasteiger charge is -2.37. The van der Waals surface area contributed by atoms with Crippen LogP contribution in [-0.4, -0.2) is 42.9 Å². The van der Waals surface area contributed by atoms with Crippen molar-refractivity contribution in [3.63, 3.8) is 0 Å². The Balaban J connectivity index is 1.42. The summed E-state index contributed by atoms with van der Waals surface area (Å²) in [7, 11) is 0. The van der Waals surface area contributed by atoms with Crippen molar-refractivity contribution in [3.8, 4) is 17.2 Å². The van der Waals surface area contributed by atoms with Crippen molar-refractivity contribution in [2.24, 2.45) is 5.92 Å². The molecule has 0 radical (unpaired) electrons. The van der Waals surface area contributed by atoms with E-state index in [0.29, 0.717) is 46.9 Å². The van der Waals surface area contributed by atoms with Crippen molar-refractivity contribution < 1.29 is 32.1 Å². The molecule has 0 aliphatic carbocycles. The van der Waals surface area contributed by atoms with Crippen molar-refractivity contribution in [1.82, 2.24) is 4.90 Å². The van der Waals surface area contributed by atoms with E-state index >= 15 is 0 Å². The van der Waals surface area contributed by atoms with Gasteiger partial charge in [0.2, 0.25) is 0 Å². The zero-order valence-electron chi connectivity index (χ0n) is 19.6. The van der Waals surface area contributed by atoms with E-state index in [2.05, 4.69) is 4.90 Å². The van der Waals surface area contributed by atoms with Crippen molar-refractivity contribution >= 4 is 11.1 Å². The summed E-state index contributed by atoms with van der Waals surface area (Å²) in [5.74, 6) is -2.90. The van der Waals surface area contributed by atoms with E-state index in [9.17, 15) is 22.7 Å². The van der Waals surface area contributed by atoms with Crippen molar-refractivity contribution in [2.75, 3.05) is 32.9 Å². The number of likely N-dealkylation sites (tertiary alicyclic amines) is 1. The second-order valence-electron chi connectivity index (χ2n) is 9.17. The highest BCUT2D eigenvalue weighted by Gasteiger charge is 2.31. The normalized spacial score (nSPS) is 18.0. The summed E-state index contributed by atoms with van der Waals surface area (Å²) in [6.07, 6.45) is -0.767. The van der Waals surface area contributed by atoms with Gasteiger partial charge in [-0.1, -0.05) is 12.1 Å². The van der Waals surface area contributed by atoms with Crippen LogP contribution in [0.2, 0.25) is 0 Å². The van der Waals surface area contributed by atoms with Crippen LogP contribution in [0.5, 0.6) is 17.2 Å². The first-order chi connectivity index (χ1) is 17.3. The van der Waals surface area contributed by atoms with Gasteiger partial charge >= 0.3 is 0 Å². The largest absolute Gasteiger partial charge is 0.508 e. The Labute approximate surface area is 206 Å². The molecule has 4 nitrogen and oxygen atoms in total. The lowest BCUT2D eigenvalue weighted by Crippen LogP contribution is -2.49. The van der Waals surface area contributed by atoms with Crippen LogP contribution >= 0.6 is 0 Å². The minimum Gasteiger partial charge on any atom is -0.508 e. The number of halogens is 4. The van der Waals surface area contributed by atoms with Crippen LogP contribution in [0, 0.1) is 23.4 Å². The minimum absolute atomic E-state index is 0.0198. The molecule has 0 amide bonds. The number of hydrogen-bond acceptors (Lipinski definition) is 4. The third-order valence-corrected chi connectivity index (χ3v) is 6.69. The highest BCUT2D eigenvalue weighted by atomic mass is 19.2. The Bertz CT molecular complexity index is 1280. The molecule has 0 saturated carbocycles. The standard InChI is InChI=1S/C28H25F4NO3/c1-16-22-7-4-20(34)12-25(22)36-28(26(16)19-10-23(30)27(32)24(31)11-19)18-2-5-21(6-3-18)35-9-8-33-14-17(13-29)15-33/h2-7,10-12,17,28,34H,8-9,13-15H2,1H3/t28-/m1/s1. The molecule has 1 fully saturated rings. The van der Waals surface area contributed by atoms with Crippen LogP contribution < -0.4 is 9.47 Å². The van der Waals surface area contributed by atoms with Crippen LogP contribution in [-0.2, 0) is 0 Å². The fourth-order valence-corrected chi connectivity index (χ4v) is 4.75. The van der Waals surface area contributed by atoms with Gasteiger partial charge in [-0.3, -0.25) is 9.29 Å². The Kier molecular flexibility index (Phi) is 6.62. The maximum absolute atomic E-state index is 14.2. The molecule has 1 N–H and O–H groups in total. The van der Waals surface area contributed by atoms with Gasteiger partial charge in [0, 0.05) is 42.8 Å². The van der Waals surface area contributed by atoms with Gasteiger partial charge in [0.05, 0.1) is 6.67 Å². The Morgan fingerprint density at radius 1 is 1.00 bits per heavy atom. The van der Waals surface area contributed by atoms with Gasteiger partial charge < -0.3 is 14.6 Å². The predicted molar refractivity (Wildman–Crippen MR) is 128 cm³/mol.